The molecule has 0 bridgehead atoms. The molecule has 2 atom stereocenters. The molecule has 6 nitrogen and oxygen atoms in total. The van der Waals surface area contributed by atoms with Crippen molar-refractivity contribution in [2.45, 2.75) is 0 Å². The van der Waals surface area contributed by atoms with E-state index < -0.39 is 0 Å². The molecule has 96 valence electrons. The standard InChI is InChI=1S/C11H11N5OP2/c1-16-5-3-7(15-16)9(17)14-11-13-6-2-4-12-10(18)8(6)19-11/h2-5,19H,18H2,1H3,(H,13,14,17). The summed E-state index contributed by atoms with van der Waals surface area (Å²) < 4.78 is 1.59. The zero-order valence-electron chi connectivity index (χ0n) is 10.1. The molecule has 0 aliphatic carbocycles. The van der Waals surface area contributed by atoms with Gasteiger partial charge in [-0.1, -0.05) is 17.4 Å². The largest absolute Gasteiger partial charge is 0.302 e. The molecule has 3 aromatic rings. The molecule has 0 aliphatic rings. The van der Waals surface area contributed by atoms with Gasteiger partial charge in [0.05, 0.1) is 11.0 Å². The van der Waals surface area contributed by atoms with Gasteiger partial charge in [0.15, 0.2) is 5.69 Å². The lowest BCUT2D eigenvalue weighted by Crippen LogP contribution is -2.12. The lowest BCUT2D eigenvalue weighted by atomic mass is 10.4. The Morgan fingerprint density at radius 3 is 3.00 bits per heavy atom. The lowest BCUT2D eigenvalue weighted by Gasteiger charge is -1.97. The van der Waals surface area contributed by atoms with Crippen molar-refractivity contribution < 1.29 is 4.79 Å². The number of pyridine rings is 1. The Hall–Kier alpha value is -1.77. The number of aryl methyl sites for hydroxylation is 1. The van der Waals surface area contributed by atoms with Crippen LogP contribution in [0.3, 0.4) is 0 Å². The summed E-state index contributed by atoms with van der Waals surface area (Å²) in [6.45, 7) is 0. The van der Waals surface area contributed by atoms with Gasteiger partial charge in [0.1, 0.15) is 5.55 Å². The Labute approximate surface area is 112 Å². The van der Waals surface area contributed by atoms with Gasteiger partial charge in [0.2, 0.25) is 0 Å². The lowest BCUT2D eigenvalue weighted by molar-refractivity contribution is 0.102. The monoisotopic (exact) mass is 291 g/mol. The molecule has 3 heterocycles. The summed E-state index contributed by atoms with van der Waals surface area (Å²) in [5.41, 5.74) is 2.79. The summed E-state index contributed by atoms with van der Waals surface area (Å²) in [6, 6.07) is 3.51. The summed E-state index contributed by atoms with van der Waals surface area (Å²) in [5, 5.41) is 7.91. The fourth-order valence-corrected chi connectivity index (χ4v) is 3.22. The van der Waals surface area contributed by atoms with Crippen LogP contribution >= 0.6 is 17.4 Å². The van der Waals surface area contributed by atoms with Crippen LogP contribution < -0.4 is 10.8 Å². The topological polar surface area (TPSA) is 72.7 Å². The number of aromatic nitrogens is 4. The van der Waals surface area contributed by atoms with E-state index in [0.717, 1.165) is 16.1 Å². The van der Waals surface area contributed by atoms with Gasteiger partial charge >= 0.3 is 0 Å². The Bertz CT molecular complexity index is 763. The van der Waals surface area contributed by atoms with Gasteiger partial charge < -0.3 is 5.32 Å². The van der Waals surface area contributed by atoms with Gasteiger partial charge in [-0.05, 0) is 12.1 Å². The molecule has 0 saturated heterocycles. The van der Waals surface area contributed by atoms with Crippen molar-refractivity contribution in [2.24, 2.45) is 7.05 Å². The number of anilines is 1. The Kier molecular flexibility index (Phi) is 3.05. The van der Waals surface area contributed by atoms with E-state index in [4.69, 9.17) is 0 Å². The number of nitrogens with one attached hydrogen (secondary N) is 1. The molecule has 0 fully saturated rings. The summed E-state index contributed by atoms with van der Waals surface area (Å²) in [5.74, 6) is -0.238. The first kappa shape index (κ1) is 12.3. The van der Waals surface area contributed by atoms with Crippen LogP contribution in [-0.4, -0.2) is 25.7 Å². The fourth-order valence-electron chi connectivity index (χ4n) is 1.72. The van der Waals surface area contributed by atoms with Gasteiger partial charge in [-0.2, -0.15) is 5.10 Å². The molecule has 0 aromatic carbocycles. The molecule has 3 aromatic heterocycles. The molecular weight excluding hydrogens is 280 g/mol. The van der Waals surface area contributed by atoms with Gasteiger partial charge in [-0.25, -0.2) is 4.98 Å². The molecule has 1 N–H and O–H groups in total. The second-order valence-electron chi connectivity index (χ2n) is 4.00. The predicted molar refractivity (Wildman–Crippen MR) is 79.5 cm³/mol. The van der Waals surface area contributed by atoms with Crippen LogP contribution in [0.1, 0.15) is 10.5 Å². The quantitative estimate of drug-likeness (QED) is 0.719. The molecule has 0 aliphatic heterocycles. The van der Waals surface area contributed by atoms with Crippen molar-refractivity contribution in [1.82, 2.24) is 19.7 Å². The maximum atomic E-state index is 12.0. The molecule has 3 rings (SSSR count). The Morgan fingerprint density at radius 2 is 2.32 bits per heavy atom. The third-order valence-electron chi connectivity index (χ3n) is 2.61. The van der Waals surface area contributed by atoms with Crippen molar-refractivity contribution in [1.29, 1.82) is 0 Å². The van der Waals surface area contributed by atoms with Crippen molar-refractivity contribution in [3.63, 3.8) is 0 Å². The van der Waals surface area contributed by atoms with Crippen molar-refractivity contribution in [3.8, 4) is 0 Å². The molecule has 0 radical (unpaired) electrons. The number of carbonyl (C=O) groups excluding carboxylic acids is 1. The van der Waals surface area contributed by atoms with E-state index in [0.29, 0.717) is 19.4 Å². The highest BCUT2D eigenvalue weighted by molar-refractivity contribution is 7.44. The summed E-state index contributed by atoms with van der Waals surface area (Å²) >= 11 is 0. The minimum absolute atomic E-state index is 0.238. The molecule has 19 heavy (non-hydrogen) atoms. The predicted octanol–water partition coefficient (Wildman–Crippen LogP) is 1.15. The minimum Gasteiger partial charge on any atom is -0.302 e. The van der Waals surface area contributed by atoms with E-state index in [1.54, 1.807) is 30.2 Å². The first-order valence-electron chi connectivity index (χ1n) is 5.54. The maximum Gasteiger partial charge on any atom is 0.277 e. The molecule has 0 spiro atoms. The second kappa shape index (κ2) is 4.72. The number of rotatable bonds is 2. The second-order valence-corrected chi connectivity index (χ2v) is 5.77. The summed E-state index contributed by atoms with van der Waals surface area (Å²) in [7, 11) is 4.67. The van der Waals surface area contributed by atoms with Crippen molar-refractivity contribution in [3.05, 3.63) is 30.2 Å². The van der Waals surface area contributed by atoms with Gasteiger partial charge in [-0.3, -0.25) is 14.5 Å². The van der Waals surface area contributed by atoms with Crippen molar-refractivity contribution >= 4 is 45.0 Å². The highest BCUT2D eigenvalue weighted by Gasteiger charge is 2.12. The Morgan fingerprint density at radius 1 is 1.47 bits per heavy atom. The number of amides is 1. The zero-order chi connectivity index (χ0) is 13.4. The highest BCUT2D eigenvalue weighted by Crippen LogP contribution is 2.30. The van der Waals surface area contributed by atoms with Gasteiger partial charge in [0.25, 0.3) is 5.91 Å². The zero-order valence-corrected chi connectivity index (χ0v) is 12.2. The molecular formula is C11H11N5OP2. The van der Waals surface area contributed by atoms with E-state index >= 15 is 0 Å². The van der Waals surface area contributed by atoms with E-state index in [-0.39, 0.29) is 5.91 Å². The van der Waals surface area contributed by atoms with Gasteiger partial charge in [0, 0.05) is 24.6 Å². The number of carbonyl (C=O) groups is 1. The van der Waals surface area contributed by atoms with Crippen LogP contribution in [0.25, 0.3) is 10.6 Å². The van der Waals surface area contributed by atoms with E-state index in [9.17, 15) is 4.79 Å². The van der Waals surface area contributed by atoms with E-state index in [1.165, 1.54) is 0 Å². The van der Waals surface area contributed by atoms with Crippen LogP contribution in [0.15, 0.2) is 24.5 Å². The SMILES string of the molecule is Cn1ccc(C(=O)Nc2nc3ccnc(P)c3[pH]2)n1. The smallest absolute Gasteiger partial charge is 0.277 e. The first-order chi connectivity index (χ1) is 9.13. The van der Waals surface area contributed by atoms with Crippen LogP contribution in [0.2, 0.25) is 0 Å². The third kappa shape index (κ3) is 2.37. The minimum atomic E-state index is -0.238. The van der Waals surface area contributed by atoms with E-state index in [2.05, 4.69) is 29.6 Å². The molecule has 8 heteroatoms. The summed E-state index contributed by atoms with van der Waals surface area (Å²) in [4.78, 5) is 20.6. The molecule has 0 saturated carbocycles. The molecule has 1 amide bonds. The number of nitrogens with zero attached hydrogens (tertiary/aromatic N) is 4. The Balaban J connectivity index is 1.89. The third-order valence-corrected chi connectivity index (χ3v) is 4.57. The van der Waals surface area contributed by atoms with Crippen LogP contribution in [-0.2, 0) is 7.05 Å². The van der Waals surface area contributed by atoms with Crippen LogP contribution in [0, 0.1) is 0 Å². The normalized spacial score (nSPS) is 11.3. The average Bonchev–Trinajstić information content (AvgIpc) is 2.96. The number of fused-ring (bicyclic) bond motifs is 1. The van der Waals surface area contributed by atoms with Gasteiger partial charge in [-0.15, -0.1) is 0 Å². The van der Waals surface area contributed by atoms with Crippen molar-refractivity contribution in [2.75, 3.05) is 5.32 Å². The van der Waals surface area contributed by atoms with E-state index in [1.807, 2.05) is 6.07 Å². The number of hydrogen-bond acceptors (Lipinski definition) is 4. The summed E-state index contributed by atoms with van der Waals surface area (Å²) in [6.07, 6.45) is 3.44. The fraction of sp³-hybridized carbons (Fsp3) is 0.0909. The highest BCUT2D eigenvalue weighted by atomic mass is 31.0. The number of hydrogen-bond donors (Lipinski definition) is 1. The first-order valence-corrected chi connectivity index (χ1v) is 7.12. The van der Waals surface area contributed by atoms with Crippen LogP contribution in [0.5, 0.6) is 0 Å². The average molecular weight is 291 g/mol. The molecule has 2 unspecified atom stereocenters. The maximum absolute atomic E-state index is 12.0. The van der Waals surface area contributed by atoms with Crippen LogP contribution in [0.4, 0.5) is 5.55 Å².